The van der Waals surface area contributed by atoms with Gasteiger partial charge < -0.3 is 24.2 Å². The summed E-state index contributed by atoms with van der Waals surface area (Å²) in [6.45, 7) is 8.28. The molecule has 8 nitrogen and oxygen atoms in total. The highest BCUT2D eigenvalue weighted by Gasteiger charge is 2.44. The van der Waals surface area contributed by atoms with Gasteiger partial charge in [0.05, 0.1) is 36.8 Å². The van der Waals surface area contributed by atoms with E-state index in [2.05, 4.69) is 11.5 Å². The summed E-state index contributed by atoms with van der Waals surface area (Å²) < 4.78 is 16.6. The van der Waals surface area contributed by atoms with Gasteiger partial charge in [0.1, 0.15) is 6.61 Å². The Morgan fingerprint density at radius 1 is 1.26 bits per heavy atom. The molecule has 0 radical (unpaired) electrons. The van der Waals surface area contributed by atoms with Crippen molar-refractivity contribution in [2.75, 3.05) is 53.1 Å². The molecule has 0 spiro atoms. The number of nitrogens with zero attached hydrogens (tertiary/aromatic N) is 2. The molecular weight excluding hydrogens is 468 g/mol. The lowest BCUT2D eigenvalue weighted by molar-refractivity contribution is -0.129. The normalized spacial score (nSPS) is 18.7. The van der Waals surface area contributed by atoms with Crippen molar-refractivity contribution in [3.63, 3.8) is 0 Å². The number of ketones is 1. The summed E-state index contributed by atoms with van der Waals surface area (Å²) in [5.41, 5.74) is 0.752. The van der Waals surface area contributed by atoms with Crippen molar-refractivity contribution < 1.29 is 28.9 Å². The molecule has 0 bridgehead atoms. The number of Topliss-reactive ketones (excluding diaryl/α,β-unsaturated/α-hetero) is 1. The molecule has 1 aromatic carbocycles. The monoisotopic (exact) mass is 498 g/mol. The van der Waals surface area contributed by atoms with Gasteiger partial charge >= 0.3 is 0 Å². The lowest BCUT2D eigenvalue weighted by atomic mass is 9.95. The van der Waals surface area contributed by atoms with Gasteiger partial charge in [0.2, 0.25) is 5.78 Å². The number of amides is 1. The zero-order valence-corrected chi connectivity index (χ0v) is 20.6. The fourth-order valence-corrected chi connectivity index (χ4v) is 5.09. The Hall–Kier alpha value is -3.14. The molecule has 2 aliphatic heterocycles. The molecule has 186 valence electrons. The molecule has 35 heavy (non-hydrogen) atoms. The van der Waals surface area contributed by atoms with E-state index in [1.54, 1.807) is 46.7 Å². The van der Waals surface area contributed by atoms with Gasteiger partial charge in [0, 0.05) is 26.2 Å². The largest absolute Gasteiger partial charge is 0.503 e. The van der Waals surface area contributed by atoms with Gasteiger partial charge in [-0.15, -0.1) is 11.3 Å². The van der Waals surface area contributed by atoms with Crippen LogP contribution in [0.1, 0.15) is 27.7 Å². The summed E-state index contributed by atoms with van der Waals surface area (Å²) in [7, 11) is 1.53. The van der Waals surface area contributed by atoms with Crippen molar-refractivity contribution in [2.45, 2.75) is 12.5 Å². The second-order valence-electron chi connectivity index (χ2n) is 8.29. The zero-order valence-electron chi connectivity index (χ0n) is 19.8. The van der Waals surface area contributed by atoms with Gasteiger partial charge in [-0.3, -0.25) is 14.5 Å². The first-order valence-corrected chi connectivity index (χ1v) is 12.5. The van der Waals surface area contributed by atoms with Crippen LogP contribution in [-0.4, -0.2) is 79.7 Å². The van der Waals surface area contributed by atoms with Crippen molar-refractivity contribution in [1.29, 1.82) is 0 Å². The summed E-state index contributed by atoms with van der Waals surface area (Å²) >= 11 is 1.28. The first-order chi connectivity index (χ1) is 17.0. The molecule has 1 N–H and O–H groups in total. The van der Waals surface area contributed by atoms with Crippen LogP contribution in [0.15, 0.2) is 59.7 Å². The highest BCUT2D eigenvalue weighted by molar-refractivity contribution is 7.12. The molecule has 1 unspecified atom stereocenters. The summed E-state index contributed by atoms with van der Waals surface area (Å²) in [6.07, 6.45) is 2.34. The molecule has 1 atom stereocenters. The maximum absolute atomic E-state index is 13.4. The van der Waals surface area contributed by atoms with E-state index in [4.69, 9.17) is 14.2 Å². The van der Waals surface area contributed by atoms with E-state index >= 15 is 0 Å². The molecule has 0 aliphatic carbocycles. The topological polar surface area (TPSA) is 88.5 Å². The molecule has 1 saturated heterocycles. The quantitative estimate of drug-likeness (QED) is 0.374. The maximum Gasteiger partial charge on any atom is 0.290 e. The highest BCUT2D eigenvalue weighted by atomic mass is 32.1. The summed E-state index contributed by atoms with van der Waals surface area (Å²) in [4.78, 5) is 30.9. The number of hydrogen-bond donors (Lipinski definition) is 1. The van der Waals surface area contributed by atoms with Crippen LogP contribution in [-0.2, 0) is 9.53 Å². The second-order valence-corrected chi connectivity index (χ2v) is 9.24. The van der Waals surface area contributed by atoms with E-state index in [1.165, 1.54) is 18.4 Å². The van der Waals surface area contributed by atoms with E-state index in [-0.39, 0.29) is 11.4 Å². The zero-order chi connectivity index (χ0) is 24.8. The van der Waals surface area contributed by atoms with E-state index in [0.29, 0.717) is 54.7 Å². The molecule has 2 aromatic rings. The van der Waals surface area contributed by atoms with Crippen molar-refractivity contribution in [2.24, 2.45) is 0 Å². The van der Waals surface area contributed by atoms with Gasteiger partial charge in [0.15, 0.2) is 17.3 Å². The molecule has 2 aliphatic rings. The number of aliphatic hydroxyl groups is 1. The number of morpholine rings is 1. The Kier molecular flexibility index (Phi) is 8.22. The van der Waals surface area contributed by atoms with Crippen molar-refractivity contribution in [3.8, 4) is 11.5 Å². The number of rotatable bonds is 11. The molecule has 3 heterocycles. The second kappa shape index (κ2) is 11.5. The Labute approximate surface area is 209 Å². The standard InChI is InChI=1S/C26H30N2O6S/c1-3-13-34-19-8-7-18(17-20(19)32-2)23-22(24(29)21-6-4-16-35-21)25(30)26(31)28(23)10-5-9-27-11-14-33-15-12-27/h3-4,6-8,16-17,23,30H,1,5,9-15H2,2H3. The fraction of sp³-hybridized carbons (Fsp3) is 0.385. The van der Waals surface area contributed by atoms with Crippen LogP contribution in [0.3, 0.4) is 0 Å². The summed E-state index contributed by atoms with van der Waals surface area (Å²) in [5.74, 6) is -0.385. The van der Waals surface area contributed by atoms with Gasteiger partial charge in [-0.2, -0.15) is 0 Å². The number of methoxy groups -OCH3 is 1. The molecule has 1 amide bonds. The predicted octanol–water partition coefficient (Wildman–Crippen LogP) is 3.62. The first-order valence-electron chi connectivity index (χ1n) is 11.6. The van der Waals surface area contributed by atoms with Gasteiger partial charge in [-0.25, -0.2) is 0 Å². The average Bonchev–Trinajstić information content (AvgIpc) is 3.51. The fourth-order valence-electron chi connectivity index (χ4n) is 4.41. The third kappa shape index (κ3) is 5.42. The third-order valence-corrected chi connectivity index (χ3v) is 7.00. The van der Waals surface area contributed by atoms with Crippen molar-refractivity contribution in [1.82, 2.24) is 9.80 Å². The Bertz CT molecular complexity index is 1090. The third-order valence-electron chi connectivity index (χ3n) is 6.13. The Morgan fingerprint density at radius 2 is 2.06 bits per heavy atom. The number of hydrogen-bond acceptors (Lipinski definition) is 8. The Morgan fingerprint density at radius 3 is 2.74 bits per heavy atom. The SMILES string of the molecule is C=CCOc1ccc(C2C(C(=O)c3cccs3)=C(O)C(=O)N2CCCN2CCOCC2)cc1OC. The van der Waals surface area contributed by atoms with E-state index < -0.39 is 17.7 Å². The number of carbonyl (C=O) groups excluding carboxylic acids is 2. The number of benzene rings is 1. The minimum atomic E-state index is -0.732. The summed E-state index contributed by atoms with van der Waals surface area (Å²) in [5, 5.41) is 12.6. The van der Waals surface area contributed by atoms with Crippen LogP contribution in [0.2, 0.25) is 0 Å². The van der Waals surface area contributed by atoms with Crippen LogP contribution in [0.5, 0.6) is 11.5 Å². The minimum Gasteiger partial charge on any atom is -0.503 e. The van der Waals surface area contributed by atoms with Gasteiger partial charge in [-0.05, 0) is 35.6 Å². The van der Waals surface area contributed by atoms with Crippen LogP contribution < -0.4 is 9.47 Å². The predicted molar refractivity (Wildman–Crippen MR) is 133 cm³/mol. The lowest BCUT2D eigenvalue weighted by Gasteiger charge is -2.30. The molecule has 1 fully saturated rings. The number of thiophene rings is 1. The van der Waals surface area contributed by atoms with Gasteiger partial charge in [0.25, 0.3) is 5.91 Å². The maximum atomic E-state index is 13.4. The summed E-state index contributed by atoms with van der Waals surface area (Å²) in [6, 6.07) is 8.04. The number of ether oxygens (including phenoxy) is 3. The van der Waals surface area contributed by atoms with Crippen LogP contribution in [0.25, 0.3) is 0 Å². The van der Waals surface area contributed by atoms with Crippen molar-refractivity contribution >= 4 is 23.0 Å². The van der Waals surface area contributed by atoms with E-state index in [0.717, 1.165) is 19.6 Å². The molecular formula is C26H30N2O6S. The number of aliphatic hydroxyl groups excluding tert-OH is 1. The van der Waals surface area contributed by atoms with E-state index in [1.807, 2.05) is 0 Å². The minimum absolute atomic E-state index is 0.0886. The molecule has 0 saturated carbocycles. The van der Waals surface area contributed by atoms with Gasteiger partial charge in [-0.1, -0.05) is 24.8 Å². The highest BCUT2D eigenvalue weighted by Crippen LogP contribution is 2.42. The average molecular weight is 499 g/mol. The lowest BCUT2D eigenvalue weighted by Crippen LogP contribution is -2.39. The number of carbonyl (C=O) groups is 2. The van der Waals surface area contributed by atoms with Crippen LogP contribution in [0.4, 0.5) is 0 Å². The smallest absolute Gasteiger partial charge is 0.290 e. The Balaban J connectivity index is 1.64. The van der Waals surface area contributed by atoms with Crippen LogP contribution in [0, 0.1) is 0 Å². The van der Waals surface area contributed by atoms with E-state index in [9.17, 15) is 14.7 Å². The molecule has 1 aromatic heterocycles. The first kappa shape index (κ1) is 25.0. The van der Waals surface area contributed by atoms with Crippen LogP contribution >= 0.6 is 11.3 Å². The molecule has 4 rings (SSSR count). The molecule has 9 heteroatoms. The van der Waals surface area contributed by atoms with Crippen molar-refractivity contribution in [3.05, 3.63) is 70.1 Å².